The molecule has 1 aromatic rings. The number of hydrogen-bond donors (Lipinski definition) is 0. The Labute approximate surface area is 117 Å². The molecule has 108 valence electrons. The number of nitrogens with zero attached hydrogens (tertiary/aromatic N) is 2. The molecule has 0 aliphatic heterocycles. The molecule has 0 bridgehead atoms. The van der Waals surface area contributed by atoms with Gasteiger partial charge in [0, 0.05) is 12.1 Å². The Hall–Kier alpha value is -2.24. The third kappa shape index (κ3) is 6.63. The van der Waals surface area contributed by atoms with E-state index < -0.39 is 0 Å². The first-order valence-corrected chi connectivity index (χ1v) is 6.33. The molecule has 0 atom stereocenters. The summed E-state index contributed by atoms with van der Waals surface area (Å²) in [6.45, 7) is 3.54. The average Bonchev–Trinajstić information content (AvgIpc) is 2.90. The molecule has 1 aromatic heterocycles. The van der Waals surface area contributed by atoms with Crippen LogP contribution in [0.25, 0.3) is 0 Å². The van der Waals surface area contributed by atoms with Crippen LogP contribution in [0.1, 0.15) is 31.3 Å². The average molecular weight is 278 g/mol. The molecule has 1 rings (SSSR count). The maximum absolute atomic E-state index is 10.2. The minimum Gasteiger partial charge on any atom is -0.460 e. The van der Waals surface area contributed by atoms with Gasteiger partial charge in [0.25, 0.3) is 6.47 Å². The van der Waals surface area contributed by atoms with Crippen molar-refractivity contribution in [1.82, 2.24) is 0 Å². The number of carbonyl (C=O) groups excluding carboxylic acids is 2. The lowest BCUT2D eigenvalue weighted by Gasteiger charge is -1.95. The molecule has 0 unspecified atom stereocenters. The fraction of sp³-hybridized carbons (Fsp3) is 0.429. The molecule has 6 nitrogen and oxygen atoms in total. The topological polar surface area (TPSA) is 81.2 Å². The standard InChI is InChI=1S/C14H18N2O4/c1-12(3-2-8-17)16-7-6-15-9-13-4-5-14(20-13)10-19-11-18/h4-5,8-9,11H,2-3,6-7,10H2,1H3. The third-order valence-corrected chi connectivity index (χ3v) is 2.43. The summed E-state index contributed by atoms with van der Waals surface area (Å²) in [5.74, 6) is 1.18. The van der Waals surface area contributed by atoms with Crippen molar-refractivity contribution in [1.29, 1.82) is 0 Å². The Morgan fingerprint density at radius 1 is 1.35 bits per heavy atom. The van der Waals surface area contributed by atoms with E-state index in [0.29, 0.717) is 43.9 Å². The Morgan fingerprint density at radius 3 is 2.95 bits per heavy atom. The summed E-state index contributed by atoms with van der Waals surface area (Å²) in [5.41, 5.74) is 0.957. The van der Waals surface area contributed by atoms with Gasteiger partial charge in [-0.15, -0.1) is 0 Å². The van der Waals surface area contributed by atoms with Crippen molar-refractivity contribution in [3.63, 3.8) is 0 Å². The van der Waals surface area contributed by atoms with Gasteiger partial charge >= 0.3 is 0 Å². The lowest BCUT2D eigenvalue weighted by Crippen LogP contribution is -1.96. The summed E-state index contributed by atoms with van der Waals surface area (Å²) in [7, 11) is 0. The molecule has 0 radical (unpaired) electrons. The van der Waals surface area contributed by atoms with Crippen LogP contribution in [0, 0.1) is 0 Å². The number of aliphatic imine (C=N–C) groups is 2. The number of furan rings is 1. The molecular weight excluding hydrogens is 260 g/mol. The van der Waals surface area contributed by atoms with Gasteiger partial charge in [0.05, 0.1) is 19.3 Å². The summed E-state index contributed by atoms with van der Waals surface area (Å²) in [4.78, 5) is 28.7. The minimum absolute atomic E-state index is 0.123. The number of rotatable bonds is 10. The molecule has 0 amide bonds. The molecule has 1 heterocycles. The molecule has 0 spiro atoms. The minimum atomic E-state index is 0.123. The van der Waals surface area contributed by atoms with Gasteiger partial charge < -0.3 is 13.9 Å². The molecule has 0 fully saturated rings. The van der Waals surface area contributed by atoms with Gasteiger partial charge in [-0.3, -0.25) is 14.8 Å². The molecule has 0 aromatic carbocycles. The van der Waals surface area contributed by atoms with Gasteiger partial charge in [-0.1, -0.05) is 0 Å². The normalized spacial score (nSPS) is 11.8. The van der Waals surface area contributed by atoms with Crippen molar-refractivity contribution < 1.29 is 18.7 Å². The highest BCUT2D eigenvalue weighted by atomic mass is 16.5. The number of carbonyl (C=O) groups is 2. The summed E-state index contributed by atoms with van der Waals surface area (Å²) in [5, 5.41) is 0. The maximum Gasteiger partial charge on any atom is 0.293 e. The SMILES string of the molecule is CC(CCC=O)=NCCN=Cc1ccc(COC=O)o1. The van der Waals surface area contributed by atoms with Gasteiger partial charge in [0.1, 0.15) is 24.4 Å². The van der Waals surface area contributed by atoms with E-state index in [9.17, 15) is 9.59 Å². The third-order valence-electron chi connectivity index (χ3n) is 2.43. The molecule has 6 heteroatoms. The van der Waals surface area contributed by atoms with E-state index in [1.807, 2.05) is 6.92 Å². The monoisotopic (exact) mass is 278 g/mol. The second-order valence-corrected chi connectivity index (χ2v) is 4.07. The summed E-state index contributed by atoms with van der Waals surface area (Å²) in [6, 6.07) is 3.48. The predicted octanol–water partition coefficient (Wildman–Crippen LogP) is 1.81. The van der Waals surface area contributed by atoms with Crippen molar-refractivity contribution in [3.05, 3.63) is 23.7 Å². The number of aldehydes is 1. The quantitative estimate of drug-likeness (QED) is 0.371. The van der Waals surface area contributed by atoms with Gasteiger partial charge in [0.15, 0.2) is 0 Å². The molecule has 0 aliphatic carbocycles. The Bertz CT molecular complexity index is 477. The van der Waals surface area contributed by atoms with E-state index >= 15 is 0 Å². The van der Waals surface area contributed by atoms with Crippen LogP contribution in [0.5, 0.6) is 0 Å². The summed E-state index contributed by atoms with van der Waals surface area (Å²) in [6.07, 6.45) is 3.71. The Balaban J connectivity index is 2.28. The smallest absolute Gasteiger partial charge is 0.293 e. The van der Waals surface area contributed by atoms with Gasteiger partial charge in [-0.25, -0.2) is 0 Å². The molecule has 0 saturated heterocycles. The van der Waals surface area contributed by atoms with E-state index in [0.717, 1.165) is 12.0 Å². The van der Waals surface area contributed by atoms with E-state index in [2.05, 4.69) is 14.7 Å². The van der Waals surface area contributed by atoms with Crippen molar-refractivity contribution >= 4 is 24.7 Å². The Kier molecular flexibility index (Phi) is 7.64. The lowest BCUT2D eigenvalue weighted by molar-refractivity contribution is -0.130. The van der Waals surface area contributed by atoms with Crippen LogP contribution in [-0.2, 0) is 20.9 Å². The largest absolute Gasteiger partial charge is 0.460 e. The van der Waals surface area contributed by atoms with Gasteiger partial charge in [-0.2, -0.15) is 0 Å². The highest BCUT2D eigenvalue weighted by Gasteiger charge is 1.99. The summed E-state index contributed by atoms with van der Waals surface area (Å²) < 4.78 is 9.93. The molecular formula is C14H18N2O4. The number of hydrogen-bond acceptors (Lipinski definition) is 6. The fourth-order valence-corrected chi connectivity index (χ4v) is 1.46. The molecule has 0 aliphatic rings. The van der Waals surface area contributed by atoms with Gasteiger partial charge in [0.2, 0.25) is 0 Å². The zero-order valence-corrected chi connectivity index (χ0v) is 11.4. The van der Waals surface area contributed by atoms with Crippen LogP contribution in [-0.4, -0.2) is 37.8 Å². The van der Waals surface area contributed by atoms with Crippen LogP contribution >= 0.6 is 0 Å². The fourth-order valence-electron chi connectivity index (χ4n) is 1.46. The van der Waals surface area contributed by atoms with E-state index in [-0.39, 0.29) is 6.61 Å². The van der Waals surface area contributed by atoms with Crippen LogP contribution in [0.2, 0.25) is 0 Å². The second-order valence-electron chi connectivity index (χ2n) is 4.07. The highest BCUT2D eigenvalue weighted by Crippen LogP contribution is 2.06. The molecule has 0 saturated carbocycles. The van der Waals surface area contributed by atoms with E-state index in [4.69, 9.17) is 4.42 Å². The zero-order valence-electron chi connectivity index (χ0n) is 11.4. The Morgan fingerprint density at radius 2 is 2.20 bits per heavy atom. The van der Waals surface area contributed by atoms with Crippen molar-refractivity contribution in [2.75, 3.05) is 13.1 Å². The first-order chi connectivity index (χ1) is 9.76. The molecule has 0 N–H and O–H groups in total. The highest BCUT2D eigenvalue weighted by molar-refractivity contribution is 5.83. The van der Waals surface area contributed by atoms with Crippen LogP contribution in [0.3, 0.4) is 0 Å². The van der Waals surface area contributed by atoms with E-state index in [1.165, 1.54) is 0 Å². The first kappa shape index (κ1) is 15.8. The lowest BCUT2D eigenvalue weighted by atomic mass is 10.2. The van der Waals surface area contributed by atoms with Crippen LogP contribution < -0.4 is 0 Å². The zero-order chi connectivity index (χ0) is 14.6. The second kappa shape index (κ2) is 9.66. The van der Waals surface area contributed by atoms with Crippen molar-refractivity contribution in [2.45, 2.75) is 26.4 Å². The van der Waals surface area contributed by atoms with E-state index in [1.54, 1.807) is 18.3 Å². The summed E-state index contributed by atoms with van der Waals surface area (Å²) >= 11 is 0. The first-order valence-electron chi connectivity index (χ1n) is 6.33. The van der Waals surface area contributed by atoms with Crippen molar-refractivity contribution in [3.8, 4) is 0 Å². The van der Waals surface area contributed by atoms with Gasteiger partial charge in [-0.05, 0) is 25.5 Å². The van der Waals surface area contributed by atoms with Crippen LogP contribution in [0.15, 0.2) is 26.5 Å². The van der Waals surface area contributed by atoms with Crippen LogP contribution in [0.4, 0.5) is 0 Å². The molecule has 20 heavy (non-hydrogen) atoms. The number of ether oxygens (including phenoxy) is 1. The predicted molar refractivity (Wildman–Crippen MR) is 75.3 cm³/mol. The van der Waals surface area contributed by atoms with Crippen molar-refractivity contribution in [2.24, 2.45) is 9.98 Å². The maximum atomic E-state index is 10.2.